The molecule has 1 heterocycles. The summed E-state index contributed by atoms with van der Waals surface area (Å²) < 4.78 is 0. The smallest absolute Gasteiger partial charge is 0.246 e. The fourth-order valence-electron chi connectivity index (χ4n) is 2.85. The van der Waals surface area contributed by atoms with Crippen LogP contribution in [0.5, 0.6) is 0 Å². The highest BCUT2D eigenvalue weighted by Gasteiger charge is 2.21. The minimum Gasteiger partial charge on any atom is -0.374 e. The van der Waals surface area contributed by atoms with Crippen LogP contribution in [-0.4, -0.2) is 24.4 Å². The van der Waals surface area contributed by atoms with Crippen LogP contribution in [0.25, 0.3) is 0 Å². The third kappa shape index (κ3) is 4.48. The van der Waals surface area contributed by atoms with Gasteiger partial charge in [0.15, 0.2) is 0 Å². The summed E-state index contributed by atoms with van der Waals surface area (Å²) in [5.74, 6) is -0.0548. The number of benzene rings is 2. The second-order valence-electron chi connectivity index (χ2n) is 6.21. The van der Waals surface area contributed by atoms with Crippen molar-refractivity contribution in [3.8, 4) is 0 Å². The van der Waals surface area contributed by atoms with Gasteiger partial charge >= 0.3 is 0 Å². The second kappa shape index (κ2) is 7.98. The molecule has 1 fully saturated rings. The average Bonchev–Trinajstić information content (AvgIpc) is 3.00. The first-order valence-corrected chi connectivity index (χ1v) is 9.12. The van der Waals surface area contributed by atoms with Gasteiger partial charge in [-0.05, 0) is 55.8 Å². The van der Waals surface area contributed by atoms with Crippen LogP contribution in [0, 0.1) is 0 Å². The molecule has 7 heteroatoms. The SMILES string of the molecule is C[C@@H](Nc1ccc(N2CCCC2=O)cc1)C(=O)Nc1cc(Cl)cc(Cl)c1. The van der Waals surface area contributed by atoms with E-state index in [0.717, 1.165) is 24.3 Å². The number of anilines is 3. The van der Waals surface area contributed by atoms with Crippen molar-refractivity contribution in [1.82, 2.24) is 0 Å². The fourth-order valence-corrected chi connectivity index (χ4v) is 3.38. The van der Waals surface area contributed by atoms with E-state index in [1.807, 2.05) is 24.3 Å². The van der Waals surface area contributed by atoms with Gasteiger partial charge in [0.25, 0.3) is 0 Å². The Labute approximate surface area is 162 Å². The Hall–Kier alpha value is -2.24. The summed E-state index contributed by atoms with van der Waals surface area (Å²) >= 11 is 11.9. The van der Waals surface area contributed by atoms with E-state index in [9.17, 15) is 9.59 Å². The van der Waals surface area contributed by atoms with Crippen LogP contribution in [0.4, 0.5) is 17.1 Å². The van der Waals surface area contributed by atoms with Crippen molar-refractivity contribution in [1.29, 1.82) is 0 Å². The molecule has 136 valence electrons. The molecule has 0 bridgehead atoms. The number of amides is 2. The predicted octanol–water partition coefficient (Wildman–Crippen LogP) is 4.56. The van der Waals surface area contributed by atoms with Crippen LogP contribution in [-0.2, 0) is 9.59 Å². The minimum atomic E-state index is -0.466. The van der Waals surface area contributed by atoms with E-state index in [2.05, 4.69) is 10.6 Å². The first kappa shape index (κ1) is 18.5. The van der Waals surface area contributed by atoms with Crippen LogP contribution >= 0.6 is 23.2 Å². The lowest BCUT2D eigenvalue weighted by Crippen LogP contribution is -2.31. The largest absolute Gasteiger partial charge is 0.374 e. The molecule has 0 unspecified atom stereocenters. The van der Waals surface area contributed by atoms with Crippen LogP contribution in [0.2, 0.25) is 10.0 Å². The van der Waals surface area contributed by atoms with Gasteiger partial charge in [-0.25, -0.2) is 0 Å². The topological polar surface area (TPSA) is 61.4 Å². The first-order valence-electron chi connectivity index (χ1n) is 8.36. The van der Waals surface area contributed by atoms with Crippen LogP contribution in [0.3, 0.4) is 0 Å². The molecule has 1 saturated heterocycles. The van der Waals surface area contributed by atoms with Crippen molar-refractivity contribution in [2.24, 2.45) is 0 Å². The maximum Gasteiger partial charge on any atom is 0.246 e. The lowest BCUT2D eigenvalue weighted by molar-refractivity contribution is -0.117. The Morgan fingerprint density at radius 2 is 1.73 bits per heavy atom. The molecule has 5 nitrogen and oxygen atoms in total. The summed E-state index contributed by atoms with van der Waals surface area (Å²) in [6.07, 6.45) is 1.49. The summed E-state index contributed by atoms with van der Waals surface area (Å²) in [7, 11) is 0. The fraction of sp³-hybridized carbons (Fsp3) is 0.263. The quantitative estimate of drug-likeness (QED) is 0.784. The van der Waals surface area contributed by atoms with Gasteiger partial charge in [-0.1, -0.05) is 23.2 Å². The highest BCUT2D eigenvalue weighted by molar-refractivity contribution is 6.35. The predicted molar refractivity (Wildman–Crippen MR) is 106 cm³/mol. The maximum absolute atomic E-state index is 12.3. The van der Waals surface area contributed by atoms with Crippen LogP contribution in [0.1, 0.15) is 19.8 Å². The molecule has 0 spiro atoms. The number of hydrogen-bond donors (Lipinski definition) is 2. The van der Waals surface area contributed by atoms with E-state index < -0.39 is 6.04 Å². The highest BCUT2D eigenvalue weighted by atomic mass is 35.5. The molecule has 1 aliphatic heterocycles. The third-order valence-corrected chi connectivity index (χ3v) is 4.60. The van der Waals surface area contributed by atoms with Crippen molar-refractivity contribution >= 4 is 52.1 Å². The Balaban J connectivity index is 1.60. The highest BCUT2D eigenvalue weighted by Crippen LogP contribution is 2.24. The lowest BCUT2D eigenvalue weighted by atomic mass is 10.2. The molecular weight excluding hydrogens is 373 g/mol. The van der Waals surface area contributed by atoms with Crippen molar-refractivity contribution in [3.63, 3.8) is 0 Å². The first-order chi connectivity index (χ1) is 12.4. The second-order valence-corrected chi connectivity index (χ2v) is 7.08. The average molecular weight is 392 g/mol. The van der Waals surface area contributed by atoms with Crippen molar-refractivity contribution in [2.75, 3.05) is 22.1 Å². The monoisotopic (exact) mass is 391 g/mol. The molecule has 26 heavy (non-hydrogen) atoms. The molecular formula is C19H19Cl2N3O2. The summed E-state index contributed by atoms with van der Waals surface area (Å²) in [6.45, 7) is 2.52. The van der Waals surface area contributed by atoms with Crippen molar-refractivity contribution in [3.05, 3.63) is 52.5 Å². The van der Waals surface area contributed by atoms with Gasteiger partial charge in [0.1, 0.15) is 6.04 Å². The number of rotatable bonds is 5. The Kier molecular flexibility index (Phi) is 5.69. The summed E-state index contributed by atoms with van der Waals surface area (Å²) in [5.41, 5.74) is 2.22. The van der Waals surface area contributed by atoms with Gasteiger partial charge in [-0.2, -0.15) is 0 Å². The number of nitrogens with zero attached hydrogens (tertiary/aromatic N) is 1. The van der Waals surface area contributed by atoms with E-state index in [1.54, 1.807) is 30.0 Å². The van der Waals surface area contributed by atoms with E-state index in [4.69, 9.17) is 23.2 Å². The van der Waals surface area contributed by atoms with Gasteiger partial charge in [0, 0.05) is 40.1 Å². The summed E-state index contributed by atoms with van der Waals surface area (Å²) in [6, 6.07) is 11.9. The van der Waals surface area contributed by atoms with Crippen LogP contribution < -0.4 is 15.5 Å². The molecule has 1 aliphatic rings. The Morgan fingerprint density at radius 3 is 2.31 bits per heavy atom. The van der Waals surface area contributed by atoms with Crippen molar-refractivity contribution in [2.45, 2.75) is 25.8 Å². The molecule has 0 aliphatic carbocycles. The molecule has 0 radical (unpaired) electrons. The number of nitrogens with one attached hydrogen (secondary N) is 2. The van der Waals surface area contributed by atoms with Gasteiger partial charge in [-0.3, -0.25) is 9.59 Å². The minimum absolute atomic E-state index is 0.152. The molecule has 2 aromatic carbocycles. The lowest BCUT2D eigenvalue weighted by Gasteiger charge is -2.18. The molecule has 1 atom stereocenters. The van der Waals surface area contributed by atoms with Gasteiger partial charge < -0.3 is 15.5 Å². The van der Waals surface area contributed by atoms with E-state index >= 15 is 0 Å². The zero-order valence-electron chi connectivity index (χ0n) is 14.3. The summed E-state index contributed by atoms with van der Waals surface area (Å²) in [4.78, 5) is 25.9. The van der Waals surface area contributed by atoms with E-state index in [0.29, 0.717) is 22.2 Å². The van der Waals surface area contributed by atoms with Gasteiger partial charge in [-0.15, -0.1) is 0 Å². The van der Waals surface area contributed by atoms with E-state index in [1.165, 1.54) is 0 Å². The molecule has 2 amide bonds. The Morgan fingerprint density at radius 1 is 1.08 bits per heavy atom. The number of halogens is 2. The zero-order chi connectivity index (χ0) is 18.7. The number of carbonyl (C=O) groups excluding carboxylic acids is 2. The Bertz CT molecular complexity index is 804. The van der Waals surface area contributed by atoms with E-state index in [-0.39, 0.29) is 11.8 Å². The number of carbonyl (C=O) groups is 2. The molecule has 2 aromatic rings. The maximum atomic E-state index is 12.3. The molecule has 3 rings (SSSR count). The summed E-state index contributed by atoms with van der Waals surface area (Å²) in [5, 5.41) is 6.84. The zero-order valence-corrected chi connectivity index (χ0v) is 15.8. The molecule has 0 aromatic heterocycles. The molecule has 0 saturated carbocycles. The van der Waals surface area contributed by atoms with Gasteiger partial charge in [0.2, 0.25) is 11.8 Å². The third-order valence-electron chi connectivity index (χ3n) is 4.16. The van der Waals surface area contributed by atoms with Crippen LogP contribution in [0.15, 0.2) is 42.5 Å². The number of hydrogen-bond acceptors (Lipinski definition) is 3. The van der Waals surface area contributed by atoms with Gasteiger partial charge in [0.05, 0.1) is 0 Å². The van der Waals surface area contributed by atoms with Crippen molar-refractivity contribution < 1.29 is 9.59 Å². The molecule has 2 N–H and O–H groups in total. The normalized spacial score (nSPS) is 15.0. The standard InChI is InChI=1S/C19H19Cl2N3O2/c1-12(19(26)23-16-10-13(20)9-14(21)11-16)22-15-4-6-17(7-5-15)24-8-2-3-18(24)25/h4-7,9-12,22H,2-3,8H2,1H3,(H,23,26)/t12-/m1/s1.